The summed E-state index contributed by atoms with van der Waals surface area (Å²) in [6, 6.07) is 15.2. The van der Waals surface area contributed by atoms with E-state index in [1.54, 1.807) is 13.1 Å². The normalized spacial score (nSPS) is 15.7. The van der Waals surface area contributed by atoms with Gasteiger partial charge in [0, 0.05) is 36.6 Å². The van der Waals surface area contributed by atoms with Gasteiger partial charge in [-0.1, -0.05) is 35.9 Å². The van der Waals surface area contributed by atoms with E-state index in [4.69, 9.17) is 16.3 Å². The third-order valence-corrected chi connectivity index (χ3v) is 4.54. The van der Waals surface area contributed by atoms with Gasteiger partial charge in [-0.3, -0.25) is 9.79 Å². The minimum absolute atomic E-state index is 0. The van der Waals surface area contributed by atoms with E-state index in [0.717, 1.165) is 17.0 Å². The Bertz CT molecular complexity index is 831. The highest BCUT2D eigenvalue weighted by atomic mass is 127. The van der Waals surface area contributed by atoms with Crippen molar-refractivity contribution >= 4 is 53.1 Å². The zero-order chi connectivity index (χ0) is 19.1. The molecule has 0 aliphatic carbocycles. The Balaban J connectivity index is 0.00000280. The fourth-order valence-corrected chi connectivity index (χ4v) is 3.20. The van der Waals surface area contributed by atoms with Gasteiger partial charge in [-0.05, 0) is 29.8 Å². The number of ether oxygens (including phenoxy) is 1. The van der Waals surface area contributed by atoms with Crippen LogP contribution < -0.4 is 20.7 Å². The number of guanidine groups is 1. The molecule has 0 saturated heterocycles. The van der Waals surface area contributed by atoms with Crippen LogP contribution in [0.25, 0.3) is 0 Å². The molecule has 1 atom stereocenters. The lowest BCUT2D eigenvalue weighted by Crippen LogP contribution is -2.42. The Morgan fingerprint density at radius 1 is 1.25 bits per heavy atom. The highest BCUT2D eigenvalue weighted by Gasteiger charge is 2.24. The molecule has 3 rings (SSSR count). The average molecular weight is 515 g/mol. The second-order valence-corrected chi connectivity index (χ2v) is 6.66. The largest absolute Gasteiger partial charge is 0.492 e. The van der Waals surface area contributed by atoms with Crippen molar-refractivity contribution in [3.8, 4) is 5.75 Å². The van der Waals surface area contributed by atoms with Gasteiger partial charge >= 0.3 is 0 Å². The number of aliphatic imine (C=N–C) groups is 1. The number of fused-ring (bicyclic) bond motifs is 1. The van der Waals surface area contributed by atoms with Gasteiger partial charge in [0.15, 0.2) is 5.96 Å². The molecule has 1 aliphatic heterocycles. The molecule has 1 unspecified atom stereocenters. The van der Waals surface area contributed by atoms with E-state index in [-0.39, 0.29) is 35.8 Å². The molecule has 0 radical (unpaired) electrons. The van der Waals surface area contributed by atoms with E-state index in [9.17, 15) is 4.79 Å². The molecule has 6 nitrogen and oxygen atoms in total. The molecule has 0 saturated carbocycles. The molecule has 3 N–H and O–H groups in total. The Labute approximate surface area is 187 Å². The number of benzene rings is 2. The first-order valence-electron chi connectivity index (χ1n) is 8.87. The van der Waals surface area contributed by atoms with Crippen molar-refractivity contribution in [1.82, 2.24) is 10.6 Å². The molecule has 28 heavy (non-hydrogen) atoms. The average Bonchev–Trinajstić information content (AvgIpc) is 2.67. The second kappa shape index (κ2) is 11.1. The molecule has 2 aromatic carbocycles. The lowest BCUT2D eigenvalue weighted by Gasteiger charge is -2.26. The molecular weight excluding hydrogens is 491 g/mol. The summed E-state index contributed by atoms with van der Waals surface area (Å²) >= 11 is 5.94. The third kappa shape index (κ3) is 6.27. The van der Waals surface area contributed by atoms with Gasteiger partial charge in [0.1, 0.15) is 12.4 Å². The Kier molecular flexibility index (Phi) is 8.85. The number of para-hydroxylation sites is 1. The van der Waals surface area contributed by atoms with Crippen molar-refractivity contribution in [3.63, 3.8) is 0 Å². The van der Waals surface area contributed by atoms with Gasteiger partial charge < -0.3 is 20.7 Å². The first kappa shape index (κ1) is 22.3. The van der Waals surface area contributed by atoms with Crippen molar-refractivity contribution in [2.75, 3.05) is 32.1 Å². The molecular formula is C20H24ClIN4O2. The monoisotopic (exact) mass is 514 g/mol. The third-order valence-electron chi connectivity index (χ3n) is 4.31. The van der Waals surface area contributed by atoms with Gasteiger partial charge in [-0.25, -0.2) is 0 Å². The van der Waals surface area contributed by atoms with Crippen molar-refractivity contribution in [1.29, 1.82) is 0 Å². The predicted molar refractivity (Wildman–Crippen MR) is 124 cm³/mol. The van der Waals surface area contributed by atoms with Crippen molar-refractivity contribution in [2.45, 2.75) is 12.3 Å². The number of rotatable bonds is 6. The van der Waals surface area contributed by atoms with Crippen LogP contribution in [0.5, 0.6) is 5.75 Å². The van der Waals surface area contributed by atoms with Crippen LogP contribution in [0.3, 0.4) is 0 Å². The smallest absolute Gasteiger partial charge is 0.225 e. The van der Waals surface area contributed by atoms with Crippen LogP contribution >= 0.6 is 35.6 Å². The van der Waals surface area contributed by atoms with Gasteiger partial charge in [0.2, 0.25) is 5.91 Å². The predicted octanol–water partition coefficient (Wildman–Crippen LogP) is 3.63. The van der Waals surface area contributed by atoms with Crippen LogP contribution in [-0.4, -0.2) is 38.6 Å². The van der Waals surface area contributed by atoms with Gasteiger partial charge in [-0.15, -0.1) is 24.0 Å². The number of halogens is 2. The highest BCUT2D eigenvalue weighted by molar-refractivity contribution is 14.0. The quantitative estimate of drug-likeness (QED) is 0.238. The number of amides is 1. The number of nitrogens with zero attached hydrogens (tertiary/aromatic N) is 1. The summed E-state index contributed by atoms with van der Waals surface area (Å²) in [6.45, 7) is 1.70. The van der Waals surface area contributed by atoms with Gasteiger partial charge in [0.05, 0.1) is 6.54 Å². The number of hydrogen-bond acceptors (Lipinski definition) is 3. The highest BCUT2D eigenvalue weighted by Crippen LogP contribution is 2.31. The summed E-state index contributed by atoms with van der Waals surface area (Å²) in [4.78, 5) is 16.1. The summed E-state index contributed by atoms with van der Waals surface area (Å²) in [5, 5.41) is 10.1. The Hall–Kier alpha value is -2.00. The lowest BCUT2D eigenvalue weighted by molar-refractivity contribution is -0.116. The van der Waals surface area contributed by atoms with E-state index in [1.165, 1.54) is 0 Å². The minimum Gasteiger partial charge on any atom is -0.492 e. The van der Waals surface area contributed by atoms with Crippen LogP contribution in [0.2, 0.25) is 5.02 Å². The van der Waals surface area contributed by atoms with Crippen molar-refractivity contribution < 1.29 is 9.53 Å². The molecule has 1 heterocycles. The molecule has 0 fully saturated rings. The second-order valence-electron chi connectivity index (χ2n) is 6.22. The summed E-state index contributed by atoms with van der Waals surface area (Å²) in [5.41, 5.74) is 2.03. The van der Waals surface area contributed by atoms with Crippen molar-refractivity contribution in [2.24, 2.45) is 4.99 Å². The molecule has 0 spiro atoms. The van der Waals surface area contributed by atoms with Gasteiger partial charge in [0.25, 0.3) is 0 Å². The van der Waals surface area contributed by atoms with Crippen LogP contribution in [0, 0.1) is 0 Å². The Morgan fingerprint density at radius 3 is 2.86 bits per heavy atom. The minimum atomic E-state index is 0. The van der Waals surface area contributed by atoms with E-state index in [1.807, 2.05) is 36.4 Å². The number of nitrogens with one attached hydrogen (secondary N) is 3. The van der Waals surface area contributed by atoms with E-state index in [2.05, 4.69) is 27.0 Å². The first-order chi connectivity index (χ1) is 13.2. The molecule has 2 aromatic rings. The zero-order valence-electron chi connectivity index (χ0n) is 15.6. The molecule has 1 amide bonds. The summed E-state index contributed by atoms with van der Waals surface area (Å²) < 4.78 is 5.65. The van der Waals surface area contributed by atoms with E-state index >= 15 is 0 Å². The molecule has 1 aliphatic rings. The zero-order valence-corrected chi connectivity index (χ0v) is 18.7. The summed E-state index contributed by atoms with van der Waals surface area (Å²) in [7, 11) is 1.72. The van der Waals surface area contributed by atoms with Gasteiger partial charge in [-0.2, -0.15) is 0 Å². The number of hydrogen-bond donors (Lipinski definition) is 3. The van der Waals surface area contributed by atoms with Crippen molar-refractivity contribution in [3.05, 3.63) is 59.1 Å². The van der Waals surface area contributed by atoms with E-state index in [0.29, 0.717) is 37.1 Å². The fourth-order valence-electron chi connectivity index (χ4n) is 3.02. The lowest BCUT2D eigenvalue weighted by atomic mass is 9.90. The topological polar surface area (TPSA) is 74.8 Å². The molecule has 0 bridgehead atoms. The maximum absolute atomic E-state index is 11.9. The Morgan fingerprint density at radius 2 is 2.07 bits per heavy atom. The maximum atomic E-state index is 11.9. The van der Waals surface area contributed by atoms with Crippen LogP contribution in [0.1, 0.15) is 17.9 Å². The first-order valence-corrected chi connectivity index (χ1v) is 9.25. The fraction of sp³-hybridized carbons (Fsp3) is 0.300. The maximum Gasteiger partial charge on any atom is 0.225 e. The standard InChI is InChI=1S/C20H23ClN4O2.HI/c1-22-20(23-9-10-27-16-6-4-5-15(21)12-16)24-13-14-11-19(26)25-18-8-3-2-7-17(14)18;/h2-8,12,14H,9-11,13H2,1H3,(H,25,26)(H2,22,23,24);1H. The van der Waals surface area contributed by atoms with E-state index < -0.39 is 0 Å². The summed E-state index contributed by atoms with van der Waals surface area (Å²) in [5.74, 6) is 1.56. The molecule has 0 aromatic heterocycles. The molecule has 8 heteroatoms. The van der Waals surface area contributed by atoms with Crippen LogP contribution in [0.15, 0.2) is 53.5 Å². The molecule has 150 valence electrons. The SMILES string of the molecule is CN=C(NCCOc1cccc(Cl)c1)NCC1CC(=O)Nc2ccccc21.I. The number of carbonyl (C=O) groups excluding carboxylic acids is 1. The van der Waals surface area contributed by atoms with Crippen LogP contribution in [0.4, 0.5) is 5.69 Å². The summed E-state index contributed by atoms with van der Waals surface area (Å²) in [6.07, 6.45) is 0.457. The number of carbonyl (C=O) groups is 1. The van der Waals surface area contributed by atoms with Crippen LogP contribution in [-0.2, 0) is 4.79 Å². The number of anilines is 1.